The highest BCUT2D eigenvalue weighted by molar-refractivity contribution is 5.59. The third-order valence-electron chi connectivity index (χ3n) is 4.21. The molecular formula is C20H20N4O3. The minimum absolute atomic E-state index is 0.160. The highest BCUT2D eigenvalue weighted by Gasteiger charge is 2.18. The zero-order chi connectivity index (χ0) is 18.5. The van der Waals surface area contributed by atoms with Gasteiger partial charge in [-0.15, -0.1) is 0 Å². The number of morpholine rings is 1. The molecular weight excluding hydrogens is 344 g/mol. The van der Waals surface area contributed by atoms with Crippen molar-refractivity contribution < 1.29 is 14.6 Å². The normalized spacial score (nSPS) is 14.1. The topological polar surface area (TPSA) is 80.6 Å². The first-order chi connectivity index (χ1) is 13.3. The molecule has 7 heteroatoms. The molecule has 1 aliphatic rings. The third-order valence-corrected chi connectivity index (χ3v) is 4.21. The molecule has 1 aromatic heterocycles. The molecule has 4 rings (SSSR count). The summed E-state index contributed by atoms with van der Waals surface area (Å²) in [5.41, 5.74) is 1.74. The molecule has 0 saturated carbocycles. The number of hydrogen-bond acceptors (Lipinski definition) is 7. The van der Waals surface area contributed by atoms with Gasteiger partial charge in [-0.05, 0) is 17.7 Å². The smallest absolute Gasteiger partial charge is 0.322 e. The van der Waals surface area contributed by atoms with Gasteiger partial charge in [0.2, 0.25) is 5.95 Å². The van der Waals surface area contributed by atoms with E-state index in [0.717, 1.165) is 5.56 Å². The molecule has 0 unspecified atom stereocenters. The molecule has 0 amide bonds. The van der Waals surface area contributed by atoms with Crippen molar-refractivity contribution in [2.75, 3.05) is 31.2 Å². The summed E-state index contributed by atoms with van der Waals surface area (Å²) in [5, 5.41) is 9.78. The molecule has 1 aliphatic heterocycles. The van der Waals surface area contributed by atoms with Gasteiger partial charge in [0.05, 0.1) is 13.2 Å². The number of rotatable bonds is 5. The van der Waals surface area contributed by atoms with Gasteiger partial charge in [0.25, 0.3) is 0 Å². The molecule has 1 saturated heterocycles. The van der Waals surface area contributed by atoms with Crippen LogP contribution in [0.25, 0.3) is 11.4 Å². The fraction of sp³-hybridized carbons (Fsp3) is 0.250. The molecule has 3 aromatic rings. The largest absolute Gasteiger partial charge is 0.508 e. The Labute approximate surface area is 157 Å². The Hall–Kier alpha value is -3.19. The first-order valence-corrected chi connectivity index (χ1v) is 8.83. The van der Waals surface area contributed by atoms with Gasteiger partial charge in [0, 0.05) is 18.7 Å². The molecule has 0 atom stereocenters. The van der Waals surface area contributed by atoms with E-state index in [1.54, 1.807) is 18.2 Å². The Morgan fingerprint density at radius 3 is 2.56 bits per heavy atom. The summed E-state index contributed by atoms with van der Waals surface area (Å²) in [6.07, 6.45) is 0. The van der Waals surface area contributed by atoms with Gasteiger partial charge in [-0.1, -0.05) is 42.5 Å². The van der Waals surface area contributed by atoms with E-state index in [-0.39, 0.29) is 11.8 Å². The highest BCUT2D eigenvalue weighted by atomic mass is 16.5. The van der Waals surface area contributed by atoms with Gasteiger partial charge in [-0.25, -0.2) is 0 Å². The number of hydrogen-bond donors (Lipinski definition) is 1. The number of aromatic nitrogens is 3. The average molecular weight is 364 g/mol. The Balaban J connectivity index is 1.65. The van der Waals surface area contributed by atoms with Gasteiger partial charge in [-0.3, -0.25) is 0 Å². The van der Waals surface area contributed by atoms with Crippen molar-refractivity contribution >= 4 is 5.95 Å². The summed E-state index contributed by atoms with van der Waals surface area (Å²) in [6, 6.07) is 17.0. The van der Waals surface area contributed by atoms with Gasteiger partial charge in [-0.2, -0.15) is 15.0 Å². The maximum absolute atomic E-state index is 9.78. The lowest BCUT2D eigenvalue weighted by Gasteiger charge is -2.27. The van der Waals surface area contributed by atoms with Crippen molar-refractivity contribution in [1.82, 2.24) is 15.0 Å². The lowest BCUT2D eigenvalue weighted by atomic mass is 10.2. The minimum Gasteiger partial charge on any atom is -0.508 e. The van der Waals surface area contributed by atoms with Crippen LogP contribution in [0.3, 0.4) is 0 Å². The van der Waals surface area contributed by atoms with Crippen LogP contribution in [-0.4, -0.2) is 46.4 Å². The number of phenolic OH excluding ortho intramolecular Hbond substituents is 1. The second kappa shape index (κ2) is 8.01. The number of ether oxygens (including phenoxy) is 2. The van der Waals surface area contributed by atoms with Gasteiger partial charge < -0.3 is 19.5 Å². The lowest BCUT2D eigenvalue weighted by molar-refractivity contribution is 0.122. The highest BCUT2D eigenvalue weighted by Crippen LogP contribution is 2.24. The van der Waals surface area contributed by atoms with Crippen LogP contribution < -0.4 is 9.64 Å². The zero-order valence-corrected chi connectivity index (χ0v) is 14.8. The van der Waals surface area contributed by atoms with Crippen molar-refractivity contribution in [2.45, 2.75) is 6.61 Å². The summed E-state index contributed by atoms with van der Waals surface area (Å²) in [5.74, 6) is 1.17. The van der Waals surface area contributed by atoms with E-state index in [1.807, 2.05) is 41.3 Å². The zero-order valence-electron chi connectivity index (χ0n) is 14.8. The van der Waals surface area contributed by atoms with Crippen LogP contribution in [0.2, 0.25) is 0 Å². The molecule has 2 aromatic carbocycles. The Morgan fingerprint density at radius 1 is 0.963 bits per heavy atom. The third kappa shape index (κ3) is 4.32. The standard InChI is InChI=1S/C20H20N4O3/c25-17-8-4-7-16(13-17)18-21-19(24-9-11-26-12-10-24)23-20(22-18)27-14-15-5-2-1-3-6-15/h1-8,13,25H,9-12,14H2. The molecule has 1 N–H and O–H groups in total. The molecule has 138 valence electrons. The molecule has 0 spiro atoms. The lowest BCUT2D eigenvalue weighted by Crippen LogP contribution is -2.37. The molecule has 0 bridgehead atoms. The summed E-state index contributed by atoms with van der Waals surface area (Å²) in [4.78, 5) is 15.6. The van der Waals surface area contributed by atoms with E-state index in [9.17, 15) is 5.11 Å². The maximum atomic E-state index is 9.78. The van der Waals surface area contributed by atoms with E-state index in [0.29, 0.717) is 50.2 Å². The Morgan fingerprint density at radius 2 is 1.78 bits per heavy atom. The number of anilines is 1. The first kappa shape index (κ1) is 17.2. The quantitative estimate of drug-likeness (QED) is 0.745. The summed E-state index contributed by atoms with van der Waals surface area (Å²) in [7, 11) is 0. The predicted octanol–water partition coefficient (Wildman–Crippen LogP) is 2.66. The van der Waals surface area contributed by atoms with Gasteiger partial charge in [0.1, 0.15) is 12.4 Å². The minimum atomic E-state index is 0.160. The predicted molar refractivity (Wildman–Crippen MR) is 101 cm³/mol. The van der Waals surface area contributed by atoms with E-state index in [4.69, 9.17) is 9.47 Å². The second-order valence-electron chi connectivity index (χ2n) is 6.17. The number of nitrogens with zero attached hydrogens (tertiary/aromatic N) is 4. The number of aromatic hydroxyl groups is 1. The molecule has 0 radical (unpaired) electrons. The molecule has 1 fully saturated rings. The average Bonchev–Trinajstić information content (AvgIpc) is 2.73. The summed E-state index contributed by atoms with van der Waals surface area (Å²) >= 11 is 0. The van der Waals surface area contributed by atoms with E-state index in [2.05, 4.69) is 15.0 Å². The van der Waals surface area contributed by atoms with Crippen LogP contribution in [0.5, 0.6) is 11.8 Å². The van der Waals surface area contributed by atoms with Crippen molar-refractivity contribution in [3.05, 3.63) is 60.2 Å². The first-order valence-electron chi connectivity index (χ1n) is 8.83. The van der Waals surface area contributed by atoms with Crippen LogP contribution in [0.4, 0.5) is 5.95 Å². The summed E-state index contributed by atoms with van der Waals surface area (Å²) < 4.78 is 11.2. The Bertz CT molecular complexity index is 899. The van der Waals surface area contributed by atoms with Crippen LogP contribution in [0, 0.1) is 0 Å². The van der Waals surface area contributed by atoms with Crippen molar-refractivity contribution in [3.8, 4) is 23.1 Å². The van der Waals surface area contributed by atoms with E-state index < -0.39 is 0 Å². The van der Waals surface area contributed by atoms with Crippen LogP contribution in [0.1, 0.15) is 5.56 Å². The van der Waals surface area contributed by atoms with Crippen LogP contribution in [0.15, 0.2) is 54.6 Å². The number of benzene rings is 2. The van der Waals surface area contributed by atoms with Crippen molar-refractivity contribution in [1.29, 1.82) is 0 Å². The fourth-order valence-electron chi connectivity index (χ4n) is 2.81. The van der Waals surface area contributed by atoms with Crippen LogP contribution >= 0.6 is 0 Å². The Kier molecular flexibility index (Phi) is 5.11. The second-order valence-corrected chi connectivity index (χ2v) is 6.17. The molecule has 27 heavy (non-hydrogen) atoms. The van der Waals surface area contributed by atoms with E-state index in [1.165, 1.54) is 0 Å². The van der Waals surface area contributed by atoms with Crippen LogP contribution in [-0.2, 0) is 11.3 Å². The number of phenols is 1. The van der Waals surface area contributed by atoms with Crippen molar-refractivity contribution in [3.63, 3.8) is 0 Å². The monoisotopic (exact) mass is 364 g/mol. The maximum Gasteiger partial charge on any atom is 0.322 e. The SMILES string of the molecule is Oc1cccc(-c2nc(OCc3ccccc3)nc(N3CCOCC3)n2)c1. The van der Waals surface area contributed by atoms with Crippen molar-refractivity contribution in [2.24, 2.45) is 0 Å². The van der Waals surface area contributed by atoms with Gasteiger partial charge >= 0.3 is 6.01 Å². The molecule has 7 nitrogen and oxygen atoms in total. The molecule has 0 aliphatic carbocycles. The van der Waals surface area contributed by atoms with E-state index >= 15 is 0 Å². The van der Waals surface area contributed by atoms with Gasteiger partial charge in [0.15, 0.2) is 5.82 Å². The fourth-order valence-corrected chi connectivity index (χ4v) is 2.81. The summed E-state index contributed by atoms with van der Waals surface area (Å²) in [6.45, 7) is 3.05. The molecule has 2 heterocycles.